The molecule has 0 amide bonds. The van der Waals surface area contributed by atoms with Gasteiger partial charge in [-0.25, -0.2) is 4.79 Å². The van der Waals surface area contributed by atoms with E-state index in [1.807, 2.05) is 24.3 Å². The van der Waals surface area contributed by atoms with Crippen molar-refractivity contribution in [1.82, 2.24) is 0 Å². The molecule has 3 aliphatic rings. The first-order valence-corrected chi connectivity index (χ1v) is 6.40. The van der Waals surface area contributed by atoms with Gasteiger partial charge in [-0.15, -0.1) is 0 Å². The molecular weight excluding hydrogens is 230 g/mol. The molecule has 1 aromatic carbocycles. The zero-order chi connectivity index (χ0) is 12.8. The second-order valence-electron chi connectivity index (χ2n) is 4.97. The number of piperidine rings is 1. The maximum absolute atomic E-state index is 12.0. The molecule has 3 heterocycles. The van der Waals surface area contributed by atoms with Gasteiger partial charge in [0.2, 0.25) is 0 Å². The molecule has 4 rings (SSSR count). The average molecular weight is 247 g/mol. The molecule has 2 unspecified atom stereocenters. The fourth-order valence-electron chi connectivity index (χ4n) is 3.16. The van der Waals surface area contributed by atoms with E-state index in [0.717, 1.165) is 24.2 Å². The normalized spacial score (nSPS) is 29.0. The number of para-hydroxylation sites is 1. The molecule has 1 N–H and O–H groups in total. The van der Waals surface area contributed by atoms with E-state index >= 15 is 0 Å². The third kappa shape index (κ3) is 1.45. The summed E-state index contributed by atoms with van der Waals surface area (Å²) in [6.45, 7) is 3.29. The van der Waals surface area contributed by atoms with E-state index in [2.05, 4.69) is 4.90 Å². The number of nitrogens with zero attached hydrogens (tertiary/aromatic N) is 1. The molecule has 3 aliphatic heterocycles. The summed E-state index contributed by atoms with van der Waals surface area (Å²) in [5.74, 6) is -0.632. The van der Waals surface area contributed by atoms with E-state index in [1.165, 1.54) is 0 Å². The van der Waals surface area contributed by atoms with Crippen LogP contribution in [-0.4, -0.2) is 36.4 Å². The molecule has 4 nitrogen and oxygen atoms in total. The van der Waals surface area contributed by atoms with Crippen LogP contribution in [0.25, 0.3) is 0 Å². The Balaban J connectivity index is 2.02. The highest BCUT2D eigenvalue weighted by molar-refractivity contribution is 5.84. The molecule has 0 spiro atoms. The van der Waals surface area contributed by atoms with Crippen molar-refractivity contribution in [1.29, 1.82) is 0 Å². The Kier molecular flexibility index (Phi) is 2.55. The minimum Gasteiger partial charge on any atom is -0.464 e. The number of fused-ring (bicyclic) bond motifs is 2. The highest BCUT2D eigenvalue weighted by atomic mass is 16.5. The second kappa shape index (κ2) is 3.99. The summed E-state index contributed by atoms with van der Waals surface area (Å²) in [5.41, 5.74) is 0.816. The Morgan fingerprint density at radius 2 is 2.33 bits per heavy atom. The van der Waals surface area contributed by atoms with Gasteiger partial charge in [0, 0.05) is 18.2 Å². The van der Waals surface area contributed by atoms with E-state index in [9.17, 15) is 9.90 Å². The molecule has 0 aliphatic carbocycles. The van der Waals surface area contributed by atoms with Crippen molar-refractivity contribution in [3.05, 3.63) is 29.8 Å². The van der Waals surface area contributed by atoms with Crippen LogP contribution in [0.15, 0.2) is 24.3 Å². The molecule has 1 saturated heterocycles. The van der Waals surface area contributed by atoms with Gasteiger partial charge in [0.15, 0.2) is 5.60 Å². The molecule has 0 saturated carbocycles. The maximum atomic E-state index is 12.0. The van der Waals surface area contributed by atoms with E-state index in [-0.39, 0.29) is 5.92 Å². The van der Waals surface area contributed by atoms with Crippen LogP contribution in [0.3, 0.4) is 0 Å². The Bertz CT molecular complexity index is 488. The van der Waals surface area contributed by atoms with E-state index < -0.39 is 11.6 Å². The minimum atomic E-state index is -1.39. The topological polar surface area (TPSA) is 49.8 Å². The second-order valence-corrected chi connectivity index (χ2v) is 4.97. The summed E-state index contributed by atoms with van der Waals surface area (Å²) in [7, 11) is 0. The van der Waals surface area contributed by atoms with E-state index in [4.69, 9.17) is 4.74 Å². The SMILES string of the molecule is CCOC(=O)C1(O)CN2CCC1c1ccccc12. The van der Waals surface area contributed by atoms with Crippen molar-refractivity contribution < 1.29 is 14.6 Å². The summed E-state index contributed by atoms with van der Waals surface area (Å²) >= 11 is 0. The number of ether oxygens (including phenoxy) is 1. The first-order chi connectivity index (χ1) is 8.66. The standard InChI is InChI=1S/C14H17NO3/c1-2-18-13(16)14(17)9-15-8-7-11(14)10-5-3-4-6-12(10)15/h3-6,11,17H,2,7-9H2,1H3. The van der Waals surface area contributed by atoms with Gasteiger partial charge >= 0.3 is 5.97 Å². The highest BCUT2D eigenvalue weighted by Gasteiger charge is 2.53. The number of aliphatic hydroxyl groups is 1. The zero-order valence-electron chi connectivity index (χ0n) is 10.4. The summed E-state index contributed by atoms with van der Waals surface area (Å²) in [4.78, 5) is 14.1. The van der Waals surface area contributed by atoms with Crippen LogP contribution in [0.2, 0.25) is 0 Å². The Hall–Kier alpha value is -1.55. The van der Waals surface area contributed by atoms with Crippen LogP contribution in [0.5, 0.6) is 0 Å². The smallest absolute Gasteiger partial charge is 0.340 e. The molecule has 18 heavy (non-hydrogen) atoms. The first-order valence-electron chi connectivity index (χ1n) is 6.40. The van der Waals surface area contributed by atoms with Gasteiger partial charge < -0.3 is 14.7 Å². The molecule has 2 atom stereocenters. The van der Waals surface area contributed by atoms with Gasteiger partial charge in [0.25, 0.3) is 0 Å². The van der Waals surface area contributed by atoms with Crippen molar-refractivity contribution in [2.45, 2.75) is 24.9 Å². The summed E-state index contributed by atoms with van der Waals surface area (Å²) < 4.78 is 5.04. The largest absolute Gasteiger partial charge is 0.464 e. The molecule has 4 heteroatoms. The summed E-state index contributed by atoms with van der Waals surface area (Å²) in [5, 5.41) is 10.7. The predicted octanol–water partition coefficient (Wildman–Crippen LogP) is 1.29. The molecular formula is C14H17NO3. The minimum absolute atomic E-state index is 0.141. The Labute approximate surface area is 106 Å². The number of hydrogen-bond acceptors (Lipinski definition) is 4. The van der Waals surface area contributed by atoms with Crippen LogP contribution in [-0.2, 0) is 9.53 Å². The Morgan fingerprint density at radius 3 is 3.11 bits per heavy atom. The van der Waals surface area contributed by atoms with Gasteiger partial charge in [-0.3, -0.25) is 0 Å². The quantitative estimate of drug-likeness (QED) is 0.800. The van der Waals surface area contributed by atoms with Gasteiger partial charge in [0.1, 0.15) is 0 Å². The molecule has 1 aromatic rings. The molecule has 1 fully saturated rings. The lowest BCUT2D eigenvalue weighted by molar-refractivity contribution is -0.168. The van der Waals surface area contributed by atoms with Crippen molar-refractivity contribution in [2.75, 3.05) is 24.6 Å². The number of benzene rings is 1. The van der Waals surface area contributed by atoms with E-state index in [0.29, 0.717) is 13.2 Å². The van der Waals surface area contributed by atoms with E-state index in [1.54, 1.807) is 6.92 Å². The fraction of sp³-hybridized carbons (Fsp3) is 0.500. The van der Waals surface area contributed by atoms with Crippen LogP contribution in [0.1, 0.15) is 24.8 Å². The Morgan fingerprint density at radius 1 is 1.56 bits per heavy atom. The molecule has 2 bridgehead atoms. The number of carbonyl (C=O) groups is 1. The summed E-state index contributed by atoms with van der Waals surface area (Å²) in [6, 6.07) is 7.98. The van der Waals surface area contributed by atoms with Gasteiger partial charge in [-0.1, -0.05) is 18.2 Å². The highest BCUT2D eigenvalue weighted by Crippen LogP contribution is 2.47. The van der Waals surface area contributed by atoms with Crippen molar-refractivity contribution >= 4 is 11.7 Å². The third-order valence-electron chi connectivity index (χ3n) is 3.98. The summed E-state index contributed by atoms with van der Waals surface area (Å²) in [6.07, 6.45) is 0.798. The fourth-order valence-corrected chi connectivity index (χ4v) is 3.16. The average Bonchev–Trinajstić information content (AvgIpc) is 2.40. The number of esters is 1. The van der Waals surface area contributed by atoms with Gasteiger partial charge in [-0.05, 0) is 25.0 Å². The zero-order valence-corrected chi connectivity index (χ0v) is 10.4. The maximum Gasteiger partial charge on any atom is 0.340 e. The molecule has 0 aromatic heterocycles. The lowest BCUT2D eigenvalue weighted by Crippen LogP contribution is -2.61. The number of rotatable bonds is 2. The monoisotopic (exact) mass is 247 g/mol. The van der Waals surface area contributed by atoms with Crippen molar-refractivity contribution in [2.24, 2.45) is 0 Å². The van der Waals surface area contributed by atoms with Crippen LogP contribution in [0, 0.1) is 0 Å². The number of hydrogen-bond donors (Lipinski definition) is 1. The third-order valence-corrected chi connectivity index (χ3v) is 3.98. The first kappa shape index (κ1) is 11.5. The molecule has 96 valence electrons. The number of carbonyl (C=O) groups excluding carboxylic acids is 1. The van der Waals surface area contributed by atoms with Gasteiger partial charge in [-0.2, -0.15) is 0 Å². The van der Waals surface area contributed by atoms with Crippen molar-refractivity contribution in [3.8, 4) is 0 Å². The van der Waals surface area contributed by atoms with Crippen LogP contribution >= 0.6 is 0 Å². The van der Waals surface area contributed by atoms with Crippen LogP contribution < -0.4 is 4.90 Å². The van der Waals surface area contributed by atoms with Crippen molar-refractivity contribution in [3.63, 3.8) is 0 Å². The number of anilines is 1. The van der Waals surface area contributed by atoms with Crippen LogP contribution in [0.4, 0.5) is 5.69 Å². The lowest BCUT2D eigenvalue weighted by atomic mass is 9.72. The molecule has 0 radical (unpaired) electrons. The predicted molar refractivity (Wildman–Crippen MR) is 67.6 cm³/mol. The lowest BCUT2D eigenvalue weighted by Gasteiger charge is -2.50. The van der Waals surface area contributed by atoms with Gasteiger partial charge in [0.05, 0.1) is 13.2 Å².